The Morgan fingerprint density at radius 3 is 2.71 bits per heavy atom. The van der Waals surface area contributed by atoms with Crippen molar-refractivity contribution in [2.75, 3.05) is 12.9 Å². The minimum absolute atomic E-state index is 0.0306. The van der Waals surface area contributed by atoms with Crippen LogP contribution in [0.4, 0.5) is 0 Å². The molecule has 17 heavy (non-hydrogen) atoms. The molecule has 0 atom stereocenters. The molecule has 0 bridgehead atoms. The van der Waals surface area contributed by atoms with Crippen LogP contribution in [0.15, 0.2) is 5.16 Å². The molecule has 0 aliphatic rings. The third-order valence-electron chi connectivity index (χ3n) is 1.45. The molecular formula is C9H12ClN3O3S. The largest absolute Gasteiger partial charge is 0.468 e. The summed E-state index contributed by atoms with van der Waals surface area (Å²) >= 11 is 6.82. The van der Waals surface area contributed by atoms with Gasteiger partial charge in [-0.25, -0.2) is 0 Å². The van der Waals surface area contributed by atoms with Gasteiger partial charge in [0.25, 0.3) is 0 Å². The molecule has 0 spiro atoms. The zero-order valence-corrected chi connectivity index (χ0v) is 11.2. The molecule has 1 heterocycles. The summed E-state index contributed by atoms with van der Waals surface area (Å²) in [6.45, 7) is 3.69. The molecule has 0 saturated carbocycles. The molecule has 0 aromatic carbocycles. The van der Waals surface area contributed by atoms with E-state index in [1.54, 1.807) is 0 Å². The lowest BCUT2D eigenvalue weighted by Gasteiger charge is -2.08. The lowest BCUT2D eigenvalue weighted by molar-refractivity contribution is -0.137. The number of carbonyl (C=O) groups excluding carboxylic acids is 1. The zero-order chi connectivity index (χ0) is 12.8. The van der Waals surface area contributed by atoms with Gasteiger partial charge in [0, 0.05) is 0 Å². The van der Waals surface area contributed by atoms with Crippen LogP contribution in [0.3, 0.4) is 0 Å². The summed E-state index contributed by atoms with van der Waals surface area (Å²) in [4.78, 5) is 22.6. The van der Waals surface area contributed by atoms with Crippen LogP contribution in [0.1, 0.15) is 13.8 Å². The van der Waals surface area contributed by atoms with E-state index in [2.05, 4.69) is 19.7 Å². The number of ether oxygens (including phenoxy) is 2. The predicted octanol–water partition coefficient (Wildman–Crippen LogP) is 1.58. The minimum Gasteiger partial charge on any atom is -0.468 e. The van der Waals surface area contributed by atoms with Gasteiger partial charge in [0.05, 0.1) is 19.0 Å². The van der Waals surface area contributed by atoms with Crippen LogP contribution in [-0.4, -0.2) is 39.9 Å². The van der Waals surface area contributed by atoms with E-state index >= 15 is 0 Å². The monoisotopic (exact) mass is 277 g/mol. The third-order valence-corrected chi connectivity index (χ3v) is 2.44. The van der Waals surface area contributed by atoms with Crippen molar-refractivity contribution in [3.8, 4) is 6.01 Å². The summed E-state index contributed by atoms with van der Waals surface area (Å²) in [6.07, 6.45) is -0.0630. The zero-order valence-electron chi connectivity index (χ0n) is 9.64. The topological polar surface area (TPSA) is 74.2 Å². The first-order valence-electron chi connectivity index (χ1n) is 4.79. The van der Waals surface area contributed by atoms with Gasteiger partial charge in [-0.2, -0.15) is 15.0 Å². The van der Waals surface area contributed by atoms with Gasteiger partial charge < -0.3 is 9.47 Å². The molecule has 0 unspecified atom stereocenters. The van der Waals surface area contributed by atoms with Crippen LogP contribution in [0, 0.1) is 0 Å². The number of thioether (sulfide) groups is 1. The van der Waals surface area contributed by atoms with Crippen molar-refractivity contribution in [2.45, 2.75) is 25.1 Å². The van der Waals surface area contributed by atoms with E-state index in [1.807, 2.05) is 13.8 Å². The number of hydrogen-bond donors (Lipinski definition) is 0. The predicted molar refractivity (Wildman–Crippen MR) is 63.3 cm³/mol. The van der Waals surface area contributed by atoms with Crippen LogP contribution in [0.25, 0.3) is 0 Å². The first kappa shape index (κ1) is 14.0. The summed E-state index contributed by atoms with van der Waals surface area (Å²) in [6, 6.07) is 0.146. The number of halogens is 1. The van der Waals surface area contributed by atoms with Crippen molar-refractivity contribution in [1.82, 2.24) is 15.0 Å². The number of esters is 1. The summed E-state index contributed by atoms with van der Waals surface area (Å²) in [7, 11) is 1.32. The second-order valence-electron chi connectivity index (χ2n) is 3.20. The van der Waals surface area contributed by atoms with Gasteiger partial charge in [-0.15, -0.1) is 0 Å². The second-order valence-corrected chi connectivity index (χ2v) is 4.48. The average molecular weight is 278 g/mol. The Bertz CT molecular complexity index is 403. The van der Waals surface area contributed by atoms with E-state index in [4.69, 9.17) is 16.3 Å². The Morgan fingerprint density at radius 1 is 1.41 bits per heavy atom. The highest BCUT2D eigenvalue weighted by Crippen LogP contribution is 2.18. The van der Waals surface area contributed by atoms with Crippen LogP contribution in [0.2, 0.25) is 5.28 Å². The van der Waals surface area contributed by atoms with Crippen LogP contribution < -0.4 is 4.74 Å². The first-order chi connectivity index (χ1) is 8.01. The number of methoxy groups -OCH3 is 1. The minimum atomic E-state index is -0.363. The van der Waals surface area contributed by atoms with Crippen LogP contribution in [0.5, 0.6) is 6.01 Å². The highest BCUT2D eigenvalue weighted by Gasteiger charge is 2.10. The van der Waals surface area contributed by atoms with Gasteiger partial charge in [0.2, 0.25) is 5.28 Å². The fourth-order valence-electron chi connectivity index (χ4n) is 0.825. The second kappa shape index (κ2) is 6.61. The SMILES string of the molecule is COC(=O)CSc1nc(Cl)nc(OC(C)C)n1. The molecule has 0 aliphatic heterocycles. The molecule has 1 rings (SSSR count). The Balaban J connectivity index is 2.71. The molecule has 0 amide bonds. The molecule has 1 aromatic heterocycles. The molecular weight excluding hydrogens is 266 g/mol. The maximum absolute atomic E-state index is 11.0. The Kier molecular flexibility index (Phi) is 5.43. The standard InChI is InChI=1S/C9H12ClN3O3S/c1-5(2)16-8-11-7(10)12-9(13-8)17-4-6(14)15-3/h5H,4H2,1-3H3. The van der Waals surface area contributed by atoms with Gasteiger partial charge in [0.15, 0.2) is 5.16 Å². The quantitative estimate of drug-likeness (QED) is 0.597. The molecule has 0 N–H and O–H groups in total. The highest BCUT2D eigenvalue weighted by molar-refractivity contribution is 7.99. The first-order valence-corrected chi connectivity index (χ1v) is 6.15. The van der Waals surface area contributed by atoms with E-state index in [1.165, 1.54) is 7.11 Å². The molecule has 0 aliphatic carbocycles. The molecule has 0 saturated heterocycles. The maximum atomic E-state index is 11.0. The number of rotatable bonds is 5. The Hall–Kier alpha value is -1.08. The van der Waals surface area contributed by atoms with Crippen LogP contribution in [-0.2, 0) is 9.53 Å². The van der Waals surface area contributed by atoms with E-state index in [0.717, 1.165) is 11.8 Å². The Morgan fingerprint density at radius 2 is 2.12 bits per heavy atom. The highest BCUT2D eigenvalue weighted by atomic mass is 35.5. The molecule has 6 nitrogen and oxygen atoms in total. The van der Waals surface area contributed by atoms with Crippen molar-refractivity contribution >= 4 is 29.3 Å². The normalized spacial score (nSPS) is 10.4. The van der Waals surface area contributed by atoms with E-state index in [-0.39, 0.29) is 29.1 Å². The lowest BCUT2D eigenvalue weighted by atomic mass is 10.5. The maximum Gasteiger partial charge on any atom is 0.321 e. The third kappa shape index (κ3) is 5.18. The lowest BCUT2D eigenvalue weighted by Crippen LogP contribution is -2.10. The number of carbonyl (C=O) groups is 1. The average Bonchev–Trinajstić information content (AvgIpc) is 2.24. The van der Waals surface area contributed by atoms with Crippen LogP contribution >= 0.6 is 23.4 Å². The van der Waals surface area contributed by atoms with Crippen molar-refractivity contribution in [2.24, 2.45) is 0 Å². The molecule has 1 aromatic rings. The van der Waals surface area contributed by atoms with E-state index in [0.29, 0.717) is 5.16 Å². The van der Waals surface area contributed by atoms with Crippen molar-refractivity contribution in [3.05, 3.63) is 5.28 Å². The van der Waals surface area contributed by atoms with E-state index < -0.39 is 0 Å². The van der Waals surface area contributed by atoms with E-state index in [9.17, 15) is 4.79 Å². The molecule has 94 valence electrons. The van der Waals surface area contributed by atoms with Gasteiger partial charge in [-0.05, 0) is 25.4 Å². The molecule has 8 heteroatoms. The Labute approximate surface area is 108 Å². The number of hydrogen-bond acceptors (Lipinski definition) is 7. The fraction of sp³-hybridized carbons (Fsp3) is 0.556. The summed E-state index contributed by atoms with van der Waals surface area (Å²) in [5.41, 5.74) is 0. The summed E-state index contributed by atoms with van der Waals surface area (Å²) < 4.78 is 9.79. The van der Waals surface area contributed by atoms with Gasteiger partial charge >= 0.3 is 12.0 Å². The number of aromatic nitrogens is 3. The fourth-order valence-corrected chi connectivity index (χ4v) is 1.69. The molecule has 0 fully saturated rings. The summed E-state index contributed by atoms with van der Waals surface area (Å²) in [5, 5.41) is 0.356. The van der Waals surface area contributed by atoms with Crippen molar-refractivity contribution in [3.63, 3.8) is 0 Å². The van der Waals surface area contributed by atoms with Crippen molar-refractivity contribution < 1.29 is 14.3 Å². The van der Waals surface area contributed by atoms with Gasteiger partial charge in [-0.3, -0.25) is 4.79 Å². The number of nitrogens with zero attached hydrogens (tertiary/aromatic N) is 3. The van der Waals surface area contributed by atoms with Gasteiger partial charge in [-0.1, -0.05) is 11.8 Å². The smallest absolute Gasteiger partial charge is 0.321 e. The van der Waals surface area contributed by atoms with Crippen molar-refractivity contribution in [1.29, 1.82) is 0 Å². The summed E-state index contributed by atoms with van der Waals surface area (Å²) in [5.74, 6) is -0.254. The van der Waals surface area contributed by atoms with Gasteiger partial charge in [0.1, 0.15) is 0 Å². The molecule has 0 radical (unpaired) electrons.